The molecule has 0 fully saturated rings. The Kier molecular flexibility index (Phi) is 4.87. The van der Waals surface area contributed by atoms with Crippen molar-refractivity contribution >= 4 is 34.5 Å². The predicted octanol–water partition coefficient (Wildman–Crippen LogP) is 3.59. The molecule has 1 amide bonds. The molecule has 1 N–H and O–H groups in total. The Morgan fingerprint density at radius 2 is 2.38 bits per heavy atom. The first kappa shape index (κ1) is 15.4. The van der Waals surface area contributed by atoms with Crippen LogP contribution in [0.2, 0.25) is 5.15 Å². The van der Waals surface area contributed by atoms with E-state index in [1.165, 1.54) is 17.4 Å². The molecule has 0 spiro atoms. The van der Waals surface area contributed by atoms with Crippen LogP contribution in [0.15, 0.2) is 29.8 Å². The number of carbonyl (C=O) groups excluding carboxylic acids is 1. The first-order valence-corrected chi connectivity index (χ1v) is 7.43. The van der Waals surface area contributed by atoms with Crippen LogP contribution in [0.25, 0.3) is 0 Å². The van der Waals surface area contributed by atoms with Crippen LogP contribution >= 0.6 is 22.9 Å². The maximum absolute atomic E-state index is 12.3. The minimum Gasteiger partial charge on any atom is -0.344 e. The lowest BCUT2D eigenvalue weighted by Gasteiger charge is -2.15. The van der Waals surface area contributed by atoms with E-state index in [9.17, 15) is 14.9 Å². The minimum atomic E-state index is -0.648. The summed E-state index contributed by atoms with van der Waals surface area (Å²) in [6.07, 6.45) is 1.67. The highest BCUT2D eigenvalue weighted by atomic mass is 35.5. The summed E-state index contributed by atoms with van der Waals surface area (Å²) in [5.41, 5.74) is -0.451. The maximum atomic E-state index is 12.3. The molecule has 0 aliphatic heterocycles. The fraction of sp³-hybridized carbons (Fsp3) is 0.231. The normalized spacial score (nSPS) is 11.9. The Hall–Kier alpha value is -1.99. The number of aromatic nitrogens is 1. The molecule has 1 atom stereocenters. The van der Waals surface area contributed by atoms with Gasteiger partial charge in [0.25, 0.3) is 11.6 Å². The van der Waals surface area contributed by atoms with Crippen molar-refractivity contribution in [1.82, 2.24) is 10.3 Å². The van der Waals surface area contributed by atoms with Crippen molar-refractivity contribution < 1.29 is 9.72 Å². The second kappa shape index (κ2) is 6.64. The van der Waals surface area contributed by atoms with E-state index in [2.05, 4.69) is 10.3 Å². The molecule has 2 aromatic rings. The Bertz CT molecular complexity index is 661. The molecular weight excluding hydrogens is 314 g/mol. The molecule has 0 aliphatic rings. The summed E-state index contributed by atoms with van der Waals surface area (Å²) in [5.74, 6) is -0.536. The Morgan fingerprint density at radius 1 is 1.62 bits per heavy atom. The number of halogens is 1. The predicted molar refractivity (Wildman–Crippen MR) is 80.7 cm³/mol. The zero-order valence-electron chi connectivity index (χ0n) is 11.1. The number of pyridine rings is 1. The van der Waals surface area contributed by atoms with Crippen LogP contribution in [-0.2, 0) is 0 Å². The summed E-state index contributed by atoms with van der Waals surface area (Å²) in [5, 5.41) is 15.7. The third-order valence-electron chi connectivity index (χ3n) is 2.89. The van der Waals surface area contributed by atoms with E-state index in [4.69, 9.17) is 11.6 Å². The molecule has 0 saturated carbocycles. The summed E-state index contributed by atoms with van der Waals surface area (Å²) in [6, 6.07) is 4.81. The molecule has 1 unspecified atom stereocenters. The van der Waals surface area contributed by atoms with Crippen molar-refractivity contribution in [3.8, 4) is 0 Å². The number of amides is 1. The largest absolute Gasteiger partial charge is 0.344 e. The highest BCUT2D eigenvalue weighted by Crippen LogP contribution is 2.24. The third-order valence-corrected chi connectivity index (χ3v) is 4.08. The van der Waals surface area contributed by atoms with Gasteiger partial charge in [0.1, 0.15) is 16.9 Å². The Balaban J connectivity index is 2.27. The minimum absolute atomic E-state index is 0.0370. The van der Waals surface area contributed by atoms with Crippen LogP contribution < -0.4 is 5.32 Å². The molecule has 2 rings (SSSR count). The monoisotopic (exact) mass is 325 g/mol. The van der Waals surface area contributed by atoms with Crippen LogP contribution in [0.4, 0.5) is 5.69 Å². The number of hydrogen-bond donors (Lipinski definition) is 1. The fourth-order valence-electron chi connectivity index (χ4n) is 1.85. The second-order valence-corrected chi connectivity index (χ2v) is 5.60. The van der Waals surface area contributed by atoms with E-state index in [1.807, 2.05) is 24.4 Å². The molecule has 0 saturated heterocycles. The quantitative estimate of drug-likeness (QED) is 0.517. The van der Waals surface area contributed by atoms with Gasteiger partial charge in [0, 0.05) is 4.88 Å². The standard InChI is InChI=1S/C13H12ClN3O3S/c1-2-9(11-4-3-5-21-11)16-13(18)8-6-12(14)15-7-10(8)17(19)20/h3-7,9H,2H2,1H3,(H,16,18). The molecule has 2 heterocycles. The van der Waals surface area contributed by atoms with E-state index < -0.39 is 10.8 Å². The first-order chi connectivity index (χ1) is 10.0. The molecule has 110 valence electrons. The van der Waals surface area contributed by atoms with E-state index in [0.717, 1.165) is 11.1 Å². The molecule has 2 aromatic heterocycles. The molecule has 8 heteroatoms. The van der Waals surface area contributed by atoms with Gasteiger partial charge in [0.05, 0.1) is 11.0 Å². The van der Waals surface area contributed by atoms with Gasteiger partial charge >= 0.3 is 0 Å². The van der Waals surface area contributed by atoms with Gasteiger partial charge in [-0.3, -0.25) is 14.9 Å². The Labute approximate surface area is 129 Å². The summed E-state index contributed by atoms with van der Waals surface area (Å²) in [4.78, 5) is 27.2. The SMILES string of the molecule is CCC(NC(=O)c1cc(Cl)ncc1[N+](=O)[O-])c1cccs1. The van der Waals surface area contributed by atoms with Crippen molar-refractivity contribution in [2.45, 2.75) is 19.4 Å². The number of rotatable bonds is 5. The highest BCUT2D eigenvalue weighted by Gasteiger charge is 2.23. The summed E-state index contributed by atoms with van der Waals surface area (Å²) in [7, 11) is 0. The van der Waals surface area contributed by atoms with Crippen molar-refractivity contribution in [1.29, 1.82) is 0 Å². The maximum Gasteiger partial charge on any atom is 0.300 e. The van der Waals surface area contributed by atoms with Crippen LogP contribution in [0.3, 0.4) is 0 Å². The molecule has 21 heavy (non-hydrogen) atoms. The molecule has 0 radical (unpaired) electrons. The number of carbonyl (C=O) groups is 1. The number of nitro groups is 1. The van der Waals surface area contributed by atoms with E-state index in [-0.39, 0.29) is 22.4 Å². The second-order valence-electron chi connectivity index (χ2n) is 4.23. The number of thiophene rings is 1. The molecule has 0 bridgehead atoms. The van der Waals surface area contributed by atoms with Gasteiger partial charge in [0.15, 0.2) is 0 Å². The highest BCUT2D eigenvalue weighted by molar-refractivity contribution is 7.10. The van der Waals surface area contributed by atoms with E-state index >= 15 is 0 Å². The number of nitrogens with zero attached hydrogens (tertiary/aromatic N) is 2. The average Bonchev–Trinajstić information content (AvgIpc) is 2.98. The topological polar surface area (TPSA) is 85.1 Å². The smallest absolute Gasteiger partial charge is 0.300 e. The molecule has 0 aliphatic carbocycles. The third kappa shape index (κ3) is 3.56. The molecule has 0 aromatic carbocycles. The van der Waals surface area contributed by atoms with Crippen LogP contribution in [0.5, 0.6) is 0 Å². The van der Waals surface area contributed by atoms with Gasteiger partial charge in [-0.1, -0.05) is 24.6 Å². The van der Waals surface area contributed by atoms with Crippen molar-refractivity contribution in [2.24, 2.45) is 0 Å². The van der Waals surface area contributed by atoms with Crippen LogP contribution in [0, 0.1) is 10.1 Å². The summed E-state index contributed by atoms with van der Waals surface area (Å²) < 4.78 is 0. The lowest BCUT2D eigenvalue weighted by molar-refractivity contribution is -0.385. The zero-order valence-corrected chi connectivity index (χ0v) is 12.6. The van der Waals surface area contributed by atoms with Gasteiger partial charge in [-0.2, -0.15) is 0 Å². The Morgan fingerprint density at radius 3 is 2.95 bits per heavy atom. The summed E-state index contributed by atoms with van der Waals surface area (Å²) in [6.45, 7) is 1.93. The van der Waals surface area contributed by atoms with E-state index in [0.29, 0.717) is 6.42 Å². The van der Waals surface area contributed by atoms with E-state index in [1.54, 1.807) is 0 Å². The van der Waals surface area contributed by atoms with Crippen molar-refractivity contribution in [3.63, 3.8) is 0 Å². The number of hydrogen-bond acceptors (Lipinski definition) is 5. The number of nitrogens with one attached hydrogen (secondary N) is 1. The van der Waals surface area contributed by atoms with Gasteiger partial charge in [0.2, 0.25) is 0 Å². The van der Waals surface area contributed by atoms with Crippen molar-refractivity contribution in [3.05, 3.63) is 55.5 Å². The molecule has 6 nitrogen and oxygen atoms in total. The van der Waals surface area contributed by atoms with Crippen molar-refractivity contribution in [2.75, 3.05) is 0 Å². The average molecular weight is 326 g/mol. The lowest BCUT2D eigenvalue weighted by atomic mass is 10.1. The van der Waals surface area contributed by atoms with Crippen LogP contribution in [-0.4, -0.2) is 15.8 Å². The van der Waals surface area contributed by atoms with Gasteiger partial charge in [-0.05, 0) is 23.9 Å². The van der Waals surface area contributed by atoms with Crippen LogP contribution in [0.1, 0.15) is 34.6 Å². The summed E-state index contributed by atoms with van der Waals surface area (Å²) >= 11 is 7.24. The lowest BCUT2D eigenvalue weighted by Crippen LogP contribution is -2.28. The van der Waals surface area contributed by atoms with Gasteiger partial charge in [-0.25, -0.2) is 4.98 Å². The fourth-order valence-corrected chi connectivity index (χ4v) is 2.87. The zero-order chi connectivity index (χ0) is 15.4. The van der Waals surface area contributed by atoms with Gasteiger partial charge in [-0.15, -0.1) is 11.3 Å². The molecular formula is C13H12ClN3O3S. The van der Waals surface area contributed by atoms with Gasteiger partial charge < -0.3 is 5.32 Å². The first-order valence-electron chi connectivity index (χ1n) is 6.17.